The molecule has 0 heterocycles. The predicted octanol–water partition coefficient (Wildman–Crippen LogP) is 2.40. The average Bonchev–Trinajstić information content (AvgIpc) is 2.07. The van der Waals surface area contributed by atoms with Crippen LogP contribution in [0.5, 0.6) is 0 Å². The molecule has 14 heavy (non-hydrogen) atoms. The summed E-state index contributed by atoms with van der Waals surface area (Å²) in [6.45, 7) is 2.00. The van der Waals surface area contributed by atoms with Crippen molar-refractivity contribution in [2.24, 2.45) is 0 Å². The Kier molecular flexibility index (Phi) is 6.74. The SMILES string of the molecule is CCCCC(F)=CCCOS(C)(=O)=O. The minimum absolute atomic E-state index is 0.0123. The zero-order chi connectivity index (χ0) is 11.0. The second-order valence-corrected chi connectivity index (χ2v) is 4.71. The van der Waals surface area contributed by atoms with E-state index in [9.17, 15) is 12.8 Å². The molecule has 0 saturated carbocycles. The maximum Gasteiger partial charge on any atom is 0.264 e. The molecule has 0 unspecified atom stereocenters. The van der Waals surface area contributed by atoms with Crippen LogP contribution in [0.1, 0.15) is 32.6 Å². The third kappa shape index (κ3) is 9.67. The molecule has 0 aromatic rings. The summed E-state index contributed by atoms with van der Waals surface area (Å²) < 4.78 is 38.3. The largest absolute Gasteiger partial charge is 0.270 e. The van der Waals surface area contributed by atoms with E-state index in [0.717, 1.165) is 19.1 Å². The summed E-state index contributed by atoms with van der Waals surface area (Å²) in [5.74, 6) is -0.191. The van der Waals surface area contributed by atoms with Gasteiger partial charge in [-0.15, -0.1) is 0 Å². The Balaban J connectivity index is 3.61. The first-order chi connectivity index (χ1) is 6.45. The van der Waals surface area contributed by atoms with E-state index in [4.69, 9.17) is 0 Å². The molecule has 0 spiro atoms. The minimum atomic E-state index is -3.39. The molecule has 0 bridgehead atoms. The molecule has 0 aliphatic carbocycles. The first kappa shape index (κ1) is 13.6. The molecule has 0 atom stereocenters. The van der Waals surface area contributed by atoms with E-state index < -0.39 is 10.1 Å². The molecule has 0 aliphatic rings. The standard InChI is InChI=1S/C9H17FO3S/c1-3-4-6-9(10)7-5-8-13-14(2,11)12/h7H,3-6,8H2,1-2H3. The highest BCUT2D eigenvalue weighted by molar-refractivity contribution is 7.85. The van der Waals surface area contributed by atoms with Crippen LogP contribution >= 0.6 is 0 Å². The van der Waals surface area contributed by atoms with Gasteiger partial charge in [-0.2, -0.15) is 8.42 Å². The molecule has 0 rings (SSSR count). The van der Waals surface area contributed by atoms with Gasteiger partial charge in [-0.3, -0.25) is 4.18 Å². The molecule has 0 fully saturated rings. The predicted molar refractivity (Wildman–Crippen MR) is 54.1 cm³/mol. The second-order valence-electron chi connectivity index (χ2n) is 3.07. The van der Waals surface area contributed by atoms with Crippen LogP contribution in [0.15, 0.2) is 11.9 Å². The van der Waals surface area contributed by atoms with Crippen LogP contribution in [0, 0.1) is 0 Å². The van der Waals surface area contributed by atoms with Gasteiger partial charge in [0, 0.05) is 0 Å². The van der Waals surface area contributed by atoms with Crippen LogP contribution in [0.2, 0.25) is 0 Å². The summed E-state index contributed by atoms with van der Waals surface area (Å²) >= 11 is 0. The topological polar surface area (TPSA) is 43.4 Å². The normalized spacial score (nSPS) is 13.2. The summed E-state index contributed by atoms with van der Waals surface area (Å²) in [6.07, 6.45) is 4.83. The lowest BCUT2D eigenvalue weighted by molar-refractivity contribution is 0.327. The molecule has 0 aromatic carbocycles. The van der Waals surface area contributed by atoms with Crippen LogP contribution in [-0.4, -0.2) is 21.3 Å². The Bertz CT molecular complexity index is 270. The van der Waals surface area contributed by atoms with Gasteiger partial charge in [0.2, 0.25) is 0 Å². The van der Waals surface area contributed by atoms with Crippen molar-refractivity contribution in [3.05, 3.63) is 11.9 Å². The summed E-state index contributed by atoms with van der Waals surface area (Å²) in [4.78, 5) is 0. The van der Waals surface area contributed by atoms with E-state index in [2.05, 4.69) is 4.18 Å². The van der Waals surface area contributed by atoms with Gasteiger partial charge in [-0.1, -0.05) is 19.4 Å². The fraction of sp³-hybridized carbons (Fsp3) is 0.778. The van der Waals surface area contributed by atoms with Crippen molar-refractivity contribution in [1.82, 2.24) is 0 Å². The summed E-state index contributed by atoms with van der Waals surface area (Å²) in [7, 11) is -3.39. The van der Waals surface area contributed by atoms with Gasteiger partial charge in [0.05, 0.1) is 18.7 Å². The van der Waals surface area contributed by atoms with Gasteiger partial charge < -0.3 is 0 Å². The summed E-state index contributed by atoms with van der Waals surface area (Å²) in [5, 5.41) is 0. The first-order valence-corrected chi connectivity index (χ1v) is 6.46. The Hall–Kier alpha value is -0.420. The fourth-order valence-electron chi connectivity index (χ4n) is 0.863. The number of hydrogen-bond donors (Lipinski definition) is 0. The number of halogens is 1. The maximum atomic E-state index is 12.9. The molecular formula is C9H17FO3S. The lowest BCUT2D eigenvalue weighted by atomic mass is 10.2. The molecule has 0 aliphatic heterocycles. The quantitative estimate of drug-likeness (QED) is 0.492. The van der Waals surface area contributed by atoms with Gasteiger partial charge in [0.25, 0.3) is 10.1 Å². The van der Waals surface area contributed by atoms with Crippen molar-refractivity contribution in [3.63, 3.8) is 0 Å². The van der Waals surface area contributed by atoms with Gasteiger partial charge in [-0.25, -0.2) is 4.39 Å². The van der Waals surface area contributed by atoms with E-state index in [1.165, 1.54) is 6.08 Å². The van der Waals surface area contributed by atoms with Crippen molar-refractivity contribution >= 4 is 10.1 Å². The van der Waals surface area contributed by atoms with Gasteiger partial charge in [0.1, 0.15) is 0 Å². The highest BCUT2D eigenvalue weighted by Gasteiger charge is 2.00. The molecule has 0 radical (unpaired) electrons. The Labute approximate surface area is 85.1 Å². The number of unbranched alkanes of at least 4 members (excludes halogenated alkanes) is 1. The van der Waals surface area contributed by atoms with Crippen molar-refractivity contribution in [2.45, 2.75) is 32.6 Å². The third-order valence-electron chi connectivity index (χ3n) is 1.55. The van der Waals surface area contributed by atoms with Crippen LogP contribution in [0.4, 0.5) is 4.39 Å². The minimum Gasteiger partial charge on any atom is -0.270 e. The van der Waals surface area contributed by atoms with Gasteiger partial charge >= 0.3 is 0 Å². The Morgan fingerprint density at radius 3 is 2.64 bits per heavy atom. The van der Waals surface area contributed by atoms with E-state index in [-0.39, 0.29) is 12.4 Å². The monoisotopic (exact) mass is 224 g/mol. The van der Waals surface area contributed by atoms with Crippen molar-refractivity contribution in [1.29, 1.82) is 0 Å². The molecule has 0 N–H and O–H groups in total. The Morgan fingerprint density at radius 1 is 1.50 bits per heavy atom. The molecule has 84 valence electrons. The van der Waals surface area contributed by atoms with Crippen LogP contribution < -0.4 is 0 Å². The highest BCUT2D eigenvalue weighted by Crippen LogP contribution is 2.09. The summed E-state index contributed by atoms with van der Waals surface area (Å²) in [6, 6.07) is 0. The molecule has 0 aromatic heterocycles. The van der Waals surface area contributed by atoms with Crippen molar-refractivity contribution in [3.8, 4) is 0 Å². The molecular weight excluding hydrogens is 207 g/mol. The maximum absolute atomic E-state index is 12.9. The lowest BCUT2D eigenvalue weighted by Crippen LogP contribution is -2.03. The number of hydrogen-bond acceptors (Lipinski definition) is 3. The zero-order valence-corrected chi connectivity index (χ0v) is 9.44. The molecule has 0 saturated heterocycles. The van der Waals surface area contributed by atoms with Crippen LogP contribution in [-0.2, 0) is 14.3 Å². The number of rotatable bonds is 7. The molecule has 3 nitrogen and oxygen atoms in total. The van der Waals surface area contributed by atoms with Crippen LogP contribution in [0.25, 0.3) is 0 Å². The third-order valence-corrected chi connectivity index (χ3v) is 2.15. The number of allylic oxidation sites excluding steroid dienone is 1. The van der Waals surface area contributed by atoms with E-state index in [1.54, 1.807) is 0 Å². The van der Waals surface area contributed by atoms with Gasteiger partial charge in [0.15, 0.2) is 0 Å². The summed E-state index contributed by atoms with van der Waals surface area (Å²) in [5.41, 5.74) is 0. The lowest BCUT2D eigenvalue weighted by Gasteiger charge is -1.98. The van der Waals surface area contributed by atoms with Crippen molar-refractivity contribution < 1.29 is 17.0 Å². The van der Waals surface area contributed by atoms with E-state index >= 15 is 0 Å². The van der Waals surface area contributed by atoms with Crippen LogP contribution in [0.3, 0.4) is 0 Å². The first-order valence-electron chi connectivity index (χ1n) is 4.64. The van der Waals surface area contributed by atoms with E-state index in [0.29, 0.717) is 12.8 Å². The Morgan fingerprint density at radius 2 is 2.14 bits per heavy atom. The molecule has 0 amide bonds. The smallest absolute Gasteiger partial charge is 0.264 e. The second kappa shape index (κ2) is 6.95. The molecule has 5 heteroatoms. The zero-order valence-electron chi connectivity index (χ0n) is 8.62. The highest BCUT2D eigenvalue weighted by atomic mass is 32.2. The van der Waals surface area contributed by atoms with E-state index in [1.807, 2.05) is 6.92 Å². The average molecular weight is 224 g/mol. The van der Waals surface area contributed by atoms with Crippen molar-refractivity contribution in [2.75, 3.05) is 12.9 Å². The van der Waals surface area contributed by atoms with Gasteiger partial charge in [-0.05, 0) is 19.3 Å². The fourth-order valence-corrected chi connectivity index (χ4v) is 1.26.